The van der Waals surface area contributed by atoms with E-state index in [1.807, 2.05) is 0 Å². The summed E-state index contributed by atoms with van der Waals surface area (Å²) >= 11 is 1.04. The second kappa shape index (κ2) is 7.49. The molecule has 0 aromatic rings. The lowest BCUT2D eigenvalue weighted by Gasteiger charge is -2.18. The van der Waals surface area contributed by atoms with Crippen LogP contribution in [0, 0.1) is 22.7 Å². The first-order valence-electron chi connectivity index (χ1n) is 4.57. The Morgan fingerprint density at radius 3 is 1.94 bits per heavy atom. The van der Waals surface area contributed by atoms with E-state index in [1.165, 1.54) is 0 Å². The van der Waals surface area contributed by atoms with Crippen molar-refractivity contribution in [3.05, 3.63) is 10.2 Å². The number of allylic oxidation sites excluding steroid dienone is 1. The van der Waals surface area contributed by atoms with E-state index in [1.54, 1.807) is 32.2 Å². The molecule has 88 valence electrons. The molecule has 0 saturated carbocycles. The standard InChI is InChI=1S/C9H13N2O3PS/c1-4-13-15(12,14-5-2)9(16-3)8(6-10)7-11/h4-5H2,1-3H3. The SMILES string of the molecule is CCOP(=O)(OCC)C(SC)=C(C#N)C#N. The summed E-state index contributed by atoms with van der Waals surface area (Å²) in [5, 5.41) is 17.5. The summed E-state index contributed by atoms with van der Waals surface area (Å²) < 4.78 is 22.5. The lowest BCUT2D eigenvalue weighted by Crippen LogP contribution is -1.98. The van der Waals surface area contributed by atoms with Crippen LogP contribution in [-0.2, 0) is 13.6 Å². The number of hydrogen-bond acceptors (Lipinski definition) is 6. The van der Waals surface area contributed by atoms with Crippen LogP contribution >= 0.6 is 19.4 Å². The minimum atomic E-state index is -3.52. The van der Waals surface area contributed by atoms with Crippen molar-refractivity contribution in [3.8, 4) is 12.1 Å². The molecule has 0 aliphatic carbocycles. The molecule has 0 heterocycles. The molecule has 0 spiro atoms. The summed E-state index contributed by atoms with van der Waals surface area (Å²) in [6, 6.07) is 3.38. The highest BCUT2D eigenvalue weighted by Crippen LogP contribution is 2.60. The monoisotopic (exact) mass is 260 g/mol. The van der Waals surface area contributed by atoms with Gasteiger partial charge in [0.1, 0.15) is 16.8 Å². The van der Waals surface area contributed by atoms with Gasteiger partial charge in [-0.05, 0) is 20.1 Å². The molecule has 0 saturated heterocycles. The molecule has 0 aliphatic heterocycles. The van der Waals surface area contributed by atoms with E-state index in [0.717, 1.165) is 11.8 Å². The Balaban J connectivity index is 5.51. The van der Waals surface area contributed by atoms with Crippen LogP contribution < -0.4 is 0 Å². The zero-order chi connectivity index (χ0) is 12.6. The number of nitrogens with zero attached hydrogens (tertiary/aromatic N) is 2. The van der Waals surface area contributed by atoms with Gasteiger partial charge in [-0.15, -0.1) is 11.8 Å². The molecule has 0 rings (SSSR count). The van der Waals surface area contributed by atoms with Crippen molar-refractivity contribution in [2.45, 2.75) is 13.8 Å². The summed E-state index contributed by atoms with van der Waals surface area (Å²) in [5.74, 6) is 0. The predicted octanol–water partition coefficient (Wildman–Crippen LogP) is 2.87. The van der Waals surface area contributed by atoms with Gasteiger partial charge >= 0.3 is 7.60 Å². The molecular weight excluding hydrogens is 247 g/mol. The van der Waals surface area contributed by atoms with Gasteiger partial charge in [-0.25, -0.2) is 0 Å². The smallest absolute Gasteiger partial charge is 0.305 e. The van der Waals surface area contributed by atoms with Crippen LogP contribution in [0.4, 0.5) is 0 Å². The number of hydrogen-bond donors (Lipinski definition) is 0. The van der Waals surface area contributed by atoms with E-state index in [2.05, 4.69) is 0 Å². The summed E-state index contributed by atoms with van der Waals surface area (Å²) in [6.07, 6.45) is 1.62. The highest BCUT2D eigenvalue weighted by molar-refractivity contribution is 8.09. The maximum absolute atomic E-state index is 12.3. The van der Waals surface area contributed by atoms with Crippen molar-refractivity contribution in [3.63, 3.8) is 0 Å². The average molecular weight is 260 g/mol. The largest absolute Gasteiger partial charge is 0.369 e. The number of thioether (sulfide) groups is 1. The molecule has 0 aromatic carbocycles. The minimum absolute atomic E-state index is 0.0706. The van der Waals surface area contributed by atoms with Crippen LogP contribution in [0.15, 0.2) is 10.2 Å². The van der Waals surface area contributed by atoms with Gasteiger partial charge in [-0.1, -0.05) is 0 Å². The molecule has 16 heavy (non-hydrogen) atoms. The zero-order valence-electron chi connectivity index (χ0n) is 9.39. The molecule has 0 fully saturated rings. The van der Waals surface area contributed by atoms with E-state index in [4.69, 9.17) is 19.6 Å². The topological polar surface area (TPSA) is 83.1 Å². The quantitative estimate of drug-likeness (QED) is 0.539. The lowest BCUT2D eigenvalue weighted by molar-refractivity contribution is 0.228. The number of rotatable bonds is 6. The van der Waals surface area contributed by atoms with Gasteiger partial charge in [-0.3, -0.25) is 4.57 Å². The second-order valence-electron chi connectivity index (χ2n) is 2.44. The summed E-state index contributed by atoms with van der Waals surface area (Å²) in [5.41, 5.74) is -0.224. The van der Waals surface area contributed by atoms with E-state index in [0.29, 0.717) is 0 Å². The van der Waals surface area contributed by atoms with Crippen molar-refractivity contribution >= 4 is 19.4 Å². The number of nitriles is 2. The molecule has 0 atom stereocenters. The molecule has 0 amide bonds. The van der Waals surface area contributed by atoms with Gasteiger partial charge in [0.05, 0.1) is 13.2 Å². The van der Waals surface area contributed by atoms with Gasteiger partial charge < -0.3 is 9.05 Å². The molecular formula is C9H13N2O3PS. The Hall–Kier alpha value is -0.780. The van der Waals surface area contributed by atoms with Crippen molar-refractivity contribution in [2.24, 2.45) is 0 Å². The van der Waals surface area contributed by atoms with Crippen LogP contribution in [0.5, 0.6) is 0 Å². The van der Waals surface area contributed by atoms with E-state index < -0.39 is 7.60 Å². The molecule has 5 nitrogen and oxygen atoms in total. The van der Waals surface area contributed by atoms with E-state index >= 15 is 0 Å². The molecule has 0 aliphatic rings. The van der Waals surface area contributed by atoms with Crippen LogP contribution in [0.1, 0.15) is 13.8 Å². The van der Waals surface area contributed by atoms with Crippen LogP contribution in [-0.4, -0.2) is 19.5 Å². The minimum Gasteiger partial charge on any atom is -0.305 e. The Morgan fingerprint density at radius 2 is 1.69 bits per heavy atom. The Bertz CT molecular complexity index is 369. The van der Waals surface area contributed by atoms with Gasteiger partial charge in [-0.2, -0.15) is 10.5 Å². The van der Waals surface area contributed by atoms with Crippen molar-refractivity contribution in [1.29, 1.82) is 10.5 Å². The van der Waals surface area contributed by atoms with Gasteiger partial charge in [0.15, 0.2) is 5.57 Å². The molecule has 0 unspecified atom stereocenters. The van der Waals surface area contributed by atoms with Crippen molar-refractivity contribution in [1.82, 2.24) is 0 Å². The average Bonchev–Trinajstić information content (AvgIpc) is 2.26. The predicted molar refractivity (Wildman–Crippen MR) is 62.6 cm³/mol. The summed E-state index contributed by atoms with van der Waals surface area (Å²) in [6.45, 7) is 3.71. The van der Waals surface area contributed by atoms with Crippen molar-refractivity contribution < 1.29 is 13.6 Å². The fourth-order valence-electron chi connectivity index (χ4n) is 0.966. The third kappa shape index (κ3) is 3.66. The Labute approximate surface area is 99.6 Å². The molecule has 0 N–H and O–H groups in total. The zero-order valence-corrected chi connectivity index (χ0v) is 11.1. The van der Waals surface area contributed by atoms with Gasteiger partial charge in [0.25, 0.3) is 0 Å². The van der Waals surface area contributed by atoms with Gasteiger partial charge in [0.2, 0.25) is 0 Å². The highest BCUT2D eigenvalue weighted by Gasteiger charge is 2.32. The maximum Gasteiger partial charge on any atom is 0.369 e. The van der Waals surface area contributed by atoms with Gasteiger partial charge in [0, 0.05) is 0 Å². The normalized spacial score (nSPS) is 10.3. The summed E-state index contributed by atoms with van der Waals surface area (Å²) in [4.78, 5) is 0. The van der Waals surface area contributed by atoms with Crippen LogP contribution in [0.25, 0.3) is 0 Å². The Morgan fingerprint density at radius 1 is 1.25 bits per heavy atom. The van der Waals surface area contributed by atoms with E-state index in [9.17, 15) is 4.57 Å². The maximum atomic E-state index is 12.3. The first kappa shape index (κ1) is 15.2. The fourth-order valence-corrected chi connectivity index (χ4v) is 3.83. The van der Waals surface area contributed by atoms with E-state index in [-0.39, 0.29) is 23.4 Å². The third-order valence-electron chi connectivity index (χ3n) is 1.48. The molecule has 0 aromatic heterocycles. The third-order valence-corrected chi connectivity index (χ3v) is 5.20. The molecule has 7 heteroatoms. The molecule has 0 bridgehead atoms. The lowest BCUT2D eigenvalue weighted by atomic mass is 10.4. The van der Waals surface area contributed by atoms with Crippen LogP contribution in [0.2, 0.25) is 0 Å². The second-order valence-corrected chi connectivity index (χ2v) is 5.52. The molecule has 0 radical (unpaired) electrons. The first-order chi connectivity index (χ1) is 7.59. The fraction of sp³-hybridized carbons (Fsp3) is 0.556. The highest BCUT2D eigenvalue weighted by atomic mass is 32.2. The Kier molecular flexibility index (Phi) is 7.12. The van der Waals surface area contributed by atoms with Crippen molar-refractivity contribution in [2.75, 3.05) is 19.5 Å². The first-order valence-corrected chi connectivity index (χ1v) is 7.34. The van der Waals surface area contributed by atoms with Crippen LogP contribution in [0.3, 0.4) is 0 Å². The summed E-state index contributed by atoms with van der Waals surface area (Å²) in [7, 11) is -3.52.